The normalized spacial score (nSPS) is 12.8. The van der Waals surface area contributed by atoms with Crippen molar-refractivity contribution in [3.05, 3.63) is 66.5 Å². The topological polar surface area (TPSA) is 42.8 Å². The SMILES string of the molecule is c1ccc2c(c1)oc1cc3c(cc12)-c1ccc2nccnc2[n+]1C3. The maximum atomic E-state index is 6.03. The molecule has 0 N–H and O–H groups in total. The Morgan fingerprint density at radius 1 is 0.875 bits per heavy atom. The van der Waals surface area contributed by atoms with Crippen molar-refractivity contribution in [2.45, 2.75) is 6.54 Å². The Labute approximate surface area is 137 Å². The Balaban J connectivity index is 1.71. The van der Waals surface area contributed by atoms with E-state index < -0.39 is 0 Å². The number of hydrogen-bond donors (Lipinski definition) is 0. The van der Waals surface area contributed by atoms with E-state index in [0.717, 1.165) is 39.6 Å². The maximum Gasteiger partial charge on any atom is 0.349 e. The minimum atomic E-state index is 0.799. The van der Waals surface area contributed by atoms with Gasteiger partial charge in [-0.3, -0.25) is 0 Å². The van der Waals surface area contributed by atoms with Crippen LogP contribution in [-0.2, 0) is 6.54 Å². The average Bonchev–Trinajstić information content (AvgIpc) is 3.17. The summed E-state index contributed by atoms with van der Waals surface area (Å²) in [5.74, 6) is 0. The summed E-state index contributed by atoms with van der Waals surface area (Å²) in [6, 6.07) is 16.8. The minimum absolute atomic E-state index is 0.799. The van der Waals surface area contributed by atoms with Gasteiger partial charge < -0.3 is 4.42 Å². The third kappa shape index (κ3) is 1.45. The lowest BCUT2D eigenvalue weighted by molar-refractivity contribution is -0.647. The van der Waals surface area contributed by atoms with Gasteiger partial charge in [0, 0.05) is 21.9 Å². The number of aromatic nitrogens is 3. The molecule has 4 heterocycles. The fraction of sp³-hybridized carbons (Fsp3) is 0.0500. The molecule has 1 aliphatic rings. The van der Waals surface area contributed by atoms with Crippen LogP contribution in [0, 0.1) is 0 Å². The summed E-state index contributed by atoms with van der Waals surface area (Å²) in [7, 11) is 0. The van der Waals surface area contributed by atoms with Crippen LogP contribution in [0.2, 0.25) is 0 Å². The second-order valence-electron chi connectivity index (χ2n) is 6.17. The zero-order chi connectivity index (χ0) is 15.7. The van der Waals surface area contributed by atoms with Crippen molar-refractivity contribution < 1.29 is 8.98 Å². The van der Waals surface area contributed by atoms with Gasteiger partial charge in [-0.25, -0.2) is 9.55 Å². The van der Waals surface area contributed by atoms with E-state index in [0.29, 0.717) is 0 Å². The molecular weight excluding hydrogens is 298 g/mol. The molecule has 0 saturated heterocycles. The van der Waals surface area contributed by atoms with Crippen LogP contribution in [0.25, 0.3) is 44.4 Å². The minimum Gasteiger partial charge on any atom is -0.456 e. The lowest BCUT2D eigenvalue weighted by Crippen LogP contribution is -2.34. The Morgan fingerprint density at radius 2 is 1.79 bits per heavy atom. The molecule has 0 saturated carbocycles. The second kappa shape index (κ2) is 4.17. The van der Waals surface area contributed by atoms with E-state index in [9.17, 15) is 0 Å². The van der Waals surface area contributed by atoms with E-state index in [1.807, 2.05) is 18.2 Å². The lowest BCUT2D eigenvalue weighted by atomic mass is 10.0. The van der Waals surface area contributed by atoms with Gasteiger partial charge in [0.1, 0.15) is 23.4 Å². The third-order valence-electron chi connectivity index (χ3n) is 4.86. The van der Waals surface area contributed by atoms with Gasteiger partial charge in [-0.2, -0.15) is 0 Å². The highest BCUT2D eigenvalue weighted by molar-refractivity contribution is 6.06. The summed E-state index contributed by atoms with van der Waals surface area (Å²) in [6.07, 6.45) is 3.48. The van der Waals surface area contributed by atoms with Crippen LogP contribution in [-0.4, -0.2) is 9.97 Å². The predicted molar refractivity (Wildman–Crippen MR) is 91.5 cm³/mol. The van der Waals surface area contributed by atoms with Crippen molar-refractivity contribution in [1.82, 2.24) is 9.97 Å². The predicted octanol–water partition coefficient (Wildman–Crippen LogP) is 3.85. The van der Waals surface area contributed by atoms with Crippen molar-refractivity contribution in [1.29, 1.82) is 0 Å². The van der Waals surface area contributed by atoms with Crippen molar-refractivity contribution >= 4 is 33.1 Å². The molecule has 2 aromatic carbocycles. The molecule has 112 valence electrons. The van der Waals surface area contributed by atoms with Crippen LogP contribution in [0.5, 0.6) is 0 Å². The van der Waals surface area contributed by atoms with E-state index in [4.69, 9.17) is 4.42 Å². The molecule has 4 heteroatoms. The molecule has 1 aliphatic heterocycles. The molecule has 0 unspecified atom stereocenters. The number of fused-ring (bicyclic) bond motifs is 8. The number of hydrogen-bond acceptors (Lipinski definition) is 3. The molecule has 0 bridgehead atoms. The molecular formula is C20H12N3O+. The van der Waals surface area contributed by atoms with Crippen molar-refractivity contribution in [3.63, 3.8) is 0 Å². The Bertz CT molecular complexity index is 1290. The molecule has 5 aromatic rings. The third-order valence-corrected chi connectivity index (χ3v) is 4.86. The van der Waals surface area contributed by atoms with Gasteiger partial charge >= 0.3 is 5.65 Å². The first-order valence-corrected chi connectivity index (χ1v) is 7.96. The zero-order valence-electron chi connectivity index (χ0n) is 12.7. The zero-order valence-corrected chi connectivity index (χ0v) is 12.7. The first-order valence-electron chi connectivity index (χ1n) is 7.96. The van der Waals surface area contributed by atoms with Gasteiger partial charge in [0.15, 0.2) is 11.7 Å². The second-order valence-corrected chi connectivity index (χ2v) is 6.17. The monoisotopic (exact) mass is 310 g/mol. The summed E-state index contributed by atoms with van der Waals surface area (Å²) >= 11 is 0. The number of benzene rings is 2. The number of pyridine rings is 1. The summed E-state index contributed by atoms with van der Waals surface area (Å²) in [4.78, 5) is 8.93. The highest BCUT2D eigenvalue weighted by atomic mass is 16.3. The van der Waals surface area contributed by atoms with Gasteiger partial charge in [0.05, 0.1) is 6.20 Å². The van der Waals surface area contributed by atoms with Gasteiger partial charge in [-0.1, -0.05) is 18.2 Å². The molecule has 4 nitrogen and oxygen atoms in total. The molecule has 6 rings (SSSR count). The van der Waals surface area contributed by atoms with Gasteiger partial charge in [0.2, 0.25) is 0 Å². The number of para-hydroxylation sites is 1. The Hall–Kier alpha value is -3.27. The Kier molecular flexibility index (Phi) is 2.12. The fourth-order valence-electron chi connectivity index (χ4n) is 3.78. The van der Waals surface area contributed by atoms with Crippen molar-refractivity contribution in [3.8, 4) is 11.3 Å². The average molecular weight is 310 g/mol. The van der Waals surface area contributed by atoms with Crippen LogP contribution in [0.1, 0.15) is 5.56 Å². The van der Waals surface area contributed by atoms with Crippen LogP contribution in [0.3, 0.4) is 0 Å². The summed E-state index contributed by atoms with van der Waals surface area (Å²) in [5, 5.41) is 2.33. The van der Waals surface area contributed by atoms with Crippen LogP contribution < -0.4 is 4.57 Å². The molecule has 0 atom stereocenters. The lowest BCUT2D eigenvalue weighted by Gasteiger charge is -1.99. The van der Waals surface area contributed by atoms with Gasteiger partial charge in [-0.05, 0) is 35.3 Å². The molecule has 0 fully saturated rings. The van der Waals surface area contributed by atoms with E-state index in [2.05, 4.69) is 44.9 Å². The van der Waals surface area contributed by atoms with Crippen LogP contribution in [0.4, 0.5) is 0 Å². The quantitative estimate of drug-likeness (QED) is 0.400. The number of nitrogens with zero attached hydrogens (tertiary/aromatic N) is 3. The summed E-state index contributed by atoms with van der Waals surface area (Å²) in [5.41, 5.74) is 7.43. The van der Waals surface area contributed by atoms with E-state index in [1.165, 1.54) is 16.8 Å². The highest BCUT2D eigenvalue weighted by Crippen LogP contribution is 2.36. The maximum absolute atomic E-state index is 6.03. The summed E-state index contributed by atoms with van der Waals surface area (Å²) in [6.45, 7) is 0.799. The van der Waals surface area contributed by atoms with E-state index >= 15 is 0 Å². The van der Waals surface area contributed by atoms with Crippen molar-refractivity contribution in [2.75, 3.05) is 0 Å². The van der Waals surface area contributed by atoms with E-state index in [-0.39, 0.29) is 0 Å². The smallest absolute Gasteiger partial charge is 0.349 e. The van der Waals surface area contributed by atoms with Crippen LogP contribution in [0.15, 0.2) is 65.3 Å². The molecule has 3 aromatic heterocycles. The van der Waals surface area contributed by atoms with E-state index in [1.54, 1.807) is 12.4 Å². The number of rotatable bonds is 0. The van der Waals surface area contributed by atoms with Gasteiger partial charge in [0.25, 0.3) is 0 Å². The fourth-order valence-corrected chi connectivity index (χ4v) is 3.78. The molecule has 24 heavy (non-hydrogen) atoms. The Morgan fingerprint density at radius 3 is 2.79 bits per heavy atom. The first kappa shape index (κ1) is 12.2. The highest BCUT2D eigenvalue weighted by Gasteiger charge is 2.27. The molecule has 0 radical (unpaired) electrons. The molecule has 0 aliphatic carbocycles. The number of furan rings is 1. The molecule has 0 amide bonds. The summed E-state index contributed by atoms with van der Waals surface area (Å²) < 4.78 is 8.26. The van der Waals surface area contributed by atoms with Crippen molar-refractivity contribution in [2.24, 2.45) is 0 Å². The molecule has 0 spiro atoms. The van der Waals surface area contributed by atoms with Crippen LogP contribution >= 0.6 is 0 Å². The largest absolute Gasteiger partial charge is 0.456 e. The first-order chi connectivity index (χ1) is 11.9. The standard InChI is InChI=1S/C20H12N3O/c1-2-4-18-13(3-1)15-10-14-12(9-19(15)24-18)11-23-17(14)6-5-16-20(23)22-8-7-21-16/h1-10H,11H2/q+1. The van der Waals surface area contributed by atoms with Gasteiger partial charge in [-0.15, -0.1) is 0 Å².